The first-order valence-corrected chi connectivity index (χ1v) is 7.66. The van der Waals surface area contributed by atoms with Crippen LogP contribution in [0, 0.1) is 0 Å². The number of nitrogens with one attached hydrogen (secondary N) is 1. The molecular weight excluding hydrogens is 320 g/mol. The molecule has 1 aromatic carbocycles. The predicted octanol–water partition coefficient (Wildman–Crippen LogP) is 2.94. The Bertz CT molecular complexity index is 575. The van der Waals surface area contributed by atoms with Crippen LogP contribution in [0.15, 0.2) is 12.1 Å². The molecule has 1 N–H and O–H groups in total. The molecule has 7 heteroatoms. The van der Waals surface area contributed by atoms with Gasteiger partial charge in [-0.05, 0) is 13.8 Å². The quantitative estimate of drug-likeness (QED) is 0.827. The Balaban J connectivity index is 2.79. The number of methoxy groups -OCH3 is 2. The number of carbonyl (C=O) groups is 2. The van der Waals surface area contributed by atoms with E-state index in [1.54, 1.807) is 17.0 Å². The van der Waals surface area contributed by atoms with Crippen LogP contribution in [0.25, 0.3) is 0 Å². The van der Waals surface area contributed by atoms with Crippen LogP contribution in [-0.4, -0.2) is 43.5 Å². The summed E-state index contributed by atoms with van der Waals surface area (Å²) in [4.78, 5) is 25.3. The van der Waals surface area contributed by atoms with E-state index in [0.29, 0.717) is 28.8 Å². The second-order valence-electron chi connectivity index (χ2n) is 5.29. The van der Waals surface area contributed by atoms with E-state index in [1.807, 2.05) is 13.8 Å². The van der Waals surface area contributed by atoms with Gasteiger partial charge >= 0.3 is 0 Å². The molecule has 0 saturated carbocycles. The van der Waals surface area contributed by atoms with Gasteiger partial charge in [-0.2, -0.15) is 0 Å². The lowest BCUT2D eigenvalue weighted by atomic mass is 10.2. The fraction of sp³-hybridized carbons (Fsp3) is 0.500. The minimum atomic E-state index is -0.223. The number of benzene rings is 1. The molecule has 0 spiro atoms. The van der Waals surface area contributed by atoms with Crippen molar-refractivity contribution in [2.75, 3.05) is 26.1 Å². The van der Waals surface area contributed by atoms with Crippen molar-refractivity contribution in [1.29, 1.82) is 0 Å². The van der Waals surface area contributed by atoms with Gasteiger partial charge < -0.3 is 19.7 Å². The maximum absolute atomic E-state index is 12.1. The Labute approximate surface area is 141 Å². The first kappa shape index (κ1) is 19.1. The summed E-state index contributed by atoms with van der Waals surface area (Å²) in [6.45, 7) is 5.66. The van der Waals surface area contributed by atoms with Crippen LogP contribution in [0.1, 0.15) is 27.2 Å². The standard InChI is InChI=1S/C16H23ClN2O4/c1-10(2)19(11(3)20)7-6-16(21)18-13-9-14(22-4)12(17)8-15(13)23-5/h8-10H,6-7H2,1-5H3,(H,18,21). The molecule has 0 aliphatic rings. The summed E-state index contributed by atoms with van der Waals surface area (Å²) in [7, 11) is 2.98. The molecule has 6 nitrogen and oxygen atoms in total. The van der Waals surface area contributed by atoms with E-state index in [2.05, 4.69) is 5.32 Å². The molecule has 23 heavy (non-hydrogen) atoms. The maximum Gasteiger partial charge on any atom is 0.226 e. The smallest absolute Gasteiger partial charge is 0.226 e. The highest BCUT2D eigenvalue weighted by Gasteiger charge is 2.16. The minimum Gasteiger partial charge on any atom is -0.495 e. The first-order valence-electron chi connectivity index (χ1n) is 7.28. The van der Waals surface area contributed by atoms with Gasteiger partial charge in [0.2, 0.25) is 11.8 Å². The highest BCUT2D eigenvalue weighted by Crippen LogP contribution is 2.35. The summed E-state index contributed by atoms with van der Waals surface area (Å²) < 4.78 is 10.3. The van der Waals surface area contributed by atoms with Gasteiger partial charge in [-0.3, -0.25) is 9.59 Å². The zero-order valence-corrected chi connectivity index (χ0v) is 14.9. The van der Waals surface area contributed by atoms with Gasteiger partial charge in [0.25, 0.3) is 0 Å². The van der Waals surface area contributed by atoms with Crippen molar-refractivity contribution in [3.8, 4) is 11.5 Å². The number of rotatable bonds is 7. The lowest BCUT2D eigenvalue weighted by Crippen LogP contribution is -2.37. The maximum atomic E-state index is 12.1. The topological polar surface area (TPSA) is 67.9 Å². The fourth-order valence-corrected chi connectivity index (χ4v) is 2.40. The summed E-state index contributed by atoms with van der Waals surface area (Å²) in [5, 5.41) is 3.15. The van der Waals surface area contributed by atoms with E-state index >= 15 is 0 Å². The molecule has 0 atom stereocenters. The minimum absolute atomic E-state index is 0.0467. The summed E-state index contributed by atoms with van der Waals surface area (Å²) in [5.74, 6) is 0.602. The molecule has 1 aromatic rings. The number of anilines is 1. The number of ether oxygens (including phenoxy) is 2. The van der Waals surface area contributed by atoms with Crippen molar-refractivity contribution in [1.82, 2.24) is 4.90 Å². The van der Waals surface area contributed by atoms with Gasteiger partial charge in [0.15, 0.2) is 0 Å². The lowest BCUT2D eigenvalue weighted by Gasteiger charge is -2.25. The normalized spacial score (nSPS) is 10.4. The number of hydrogen-bond acceptors (Lipinski definition) is 4. The molecule has 0 heterocycles. The second kappa shape index (κ2) is 8.62. The van der Waals surface area contributed by atoms with E-state index in [-0.39, 0.29) is 24.3 Å². The largest absolute Gasteiger partial charge is 0.495 e. The van der Waals surface area contributed by atoms with Crippen LogP contribution < -0.4 is 14.8 Å². The van der Waals surface area contributed by atoms with Crippen molar-refractivity contribution >= 4 is 29.1 Å². The molecule has 0 aliphatic heterocycles. The van der Waals surface area contributed by atoms with E-state index in [0.717, 1.165) is 0 Å². The summed E-state index contributed by atoms with van der Waals surface area (Å²) in [6, 6.07) is 3.22. The molecule has 0 aromatic heterocycles. The van der Waals surface area contributed by atoms with Crippen molar-refractivity contribution in [2.45, 2.75) is 33.2 Å². The van der Waals surface area contributed by atoms with Crippen molar-refractivity contribution < 1.29 is 19.1 Å². The number of carbonyl (C=O) groups excluding carboxylic acids is 2. The Hall–Kier alpha value is -1.95. The Kier molecular flexibility index (Phi) is 7.16. The third-order valence-electron chi connectivity index (χ3n) is 3.36. The average molecular weight is 343 g/mol. The highest BCUT2D eigenvalue weighted by atomic mass is 35.5. The Morgan fingerprint density at radius 2 is 1.83 bits per heavy atom. The van der Waals surface area contributed by atoms with E-state index in [9.17, 15) is 9.59 Å². The van der Waals surface area contributed by atoms with Crippen LogP contribution in [0.4, 0.5) is 5.69 Å². The molecule has 0 unspecified atom stereocenters. The molecule has 0 aliphatic carbocycles. The van der Waals surface area contributed by atoms with Gasteiger partial charge in [0.1, 0.15) is 11.5 Å². The van der Waals surface area contributed by atoms with Crippen LogP contribution in [0.5, 0.6) is 11.5 Å². The van der Waals surface area contributed by atoms with Crippen molar-refractivity contribution in [3.05, 3.63) is 17.2 Å². The highest BCUT2D eigenvalue weighted by molar-refractivity contribution is 6.32. The Morgan fingerprint density at radius 3 is 2.30 bits per heavy atom. The Morgan fingerprint density at radius 1 is 1.22 bits per heavy atom. The third-order valence-corrected chi connectivity index (χ3v) is 3.65. The second-order valence-corrected chi connectivity index (χ2v) is 5.70. The predicted molar refractivity (Wildman–Crippen MR) is 90.3 cm³/mol. The SMILES string of the molecule is COc1cc(NC(=O)CCN(C(C)=O)C(C)C)c(OC)cc1Cl. The molecule has 0 saturated heterocycles. The number of amides is 2. The van der Waals surface area contributed by atoms with E-state index in [4.69, 9.17) is 21.1 Å². The summed E-state index contributed by atoms with van der Waals surface area (Å²) in [6.07, 6.45) is 0.186. The average Bonchev–Trinajstić information content (AvgIpc) is 2.47. The van der Waals surface area contributed by atoms with Gasteiger partial charge in [-0.15, -0.1) is 0 Å². The fourth-order valence-electron chi connectivity index (χ4n) is 2.17. The van der Waals surface area contributed by atoms with Gasteiger partial charge in [0, 0.05) is 38.1 Å². The number of halogens is 1. The van der Waals surface area contributed by atoms with Crippen molar-refractivity contribution in [2.24, 2.45) is 0 Å². The number of nitrogens with zero attached hydrogens (tertiary/aromatic N) is 1. The molecular formula is C16H23ClN2O4. The molecule has 0 bridgehead atoms. The van der Waals surface area contributed by atoms with Crippen LogP contribution >= 0.6 is 11.6 Å². The van der Waals surface area contributed by atoms with Crippen LogP contribution in [0.2, 0.25) is 5.02 Å². The van der Waals surface area contributed by atoms with E-state index < -0.39 is 0 Å². The summed E-state index contributed by atoms with van der Waals surface area (Å²) >= 11 is 6.03. The molecule has 0 fully saturated rings. The lowest BCUT2D eigenvalue weighted by molar-refractivity contribution is -0.130. The zero-order chi connectivity index (χ0) is 17.6. The third kappa shape index (κ3) is 5.32. The van der Waals surface area contributed by atoms with Gasteiger partial charge in [-0.1, -0.05) is 11.6 Å². The summed E-state index contributed by atoms with van der Waals surface area (Å²) in [5.41, 5.74) is 0.470. The van der Waals surface area contributed by atoms with Crippen LogP contribution in [-0.2, 0) is 9.59 Å². The molecule has 2 amide bonds. The zero-order valence-electron chi connectivity index (χ0n) is 14.1. The van der Waals surface area contributed by atoms with Crippen LogP contribution in [0.3, 0.4) is 0 Å². The monoisotopic (exact) mass is 342 g/mol. The first-order chi connectivity index (χ1) is 10.8. The van der Waals surface area contributed by atoms with E-state index in [1.165, 1.54) is 21.1 Å². The van der Waals surface area contributed by atoms with Gasteiger partial charge in [-0.25, -0.2) is 0 Å². The van der Waals surface area contributed by atoms with Gasteiger partial charge in [0.05, 0.1) is 24.9 Å². The molecule has 1 rings (SSSR count). The molecule has 128 valence electrons. The van der Waals surface area contributed by atoms with Crippen molar-refractivity contribution in [3.63, 3.8) is 0 Å². The molecule has 0 radical (unpaired) electrons. The number of hydrogen-bond donors (Lipinski definition) is 1.